The van der Waals surface area contributed by atoms with E-state index in [-0.39, 0.29) is 34.8 Å². The number of esters is 2. The normalized spacial score (nSPS) is 20.5. The van der Waals surface area contributed by atoms with E-state index in [0.717, 1.165) is 5.39 Å². The van der Waals surface area contributed by atoms with Gasteiger partial charge in [-0.1, -0.05) is 12.2 Å². The molecule has 2 aliphatic heterocycles. The summed E-state index contributed by atoms with van der Waals surface area (Å²) in [4.78, 5) is 52.5. The molecule has 220 valence electrons. The molecule has 9 heteroatoms. The molecule has 0 aliphatic carbocycles. The van der Waals surface area contributed by atoms with Crippen LogP contribution in [0.3, 0.4) is 0 Å². The van der Waals surface area contributed by atoms with Gasteiger partial charge in [0, 0.05) is 43.0 Å². The zero-order valence-corrected chi connectivity index (χ0v) is 24.4. The highest BCUT2D eigenvalue weighted by Gasteiger charge is 2.37. The molecule has 1 aromatic heterocycles. The first-order chi connectivity index (χ1) is 20.2. The number of cyclic esters (lactones) is 1. The fourth-order valence-corrected chi connectivity index (χ4v) is 5.82. The first-order valence-electron chi connectivity index (χ1n) is 14.2. The van der Waals surface area contributed by atoms with Gasteiger partial charge in [-0.15, -0.1) is 0 Å². The molecule has 0 bridgehead atoms. The van der Waals surface area contributed by atoms with Gasteiger partial charge in [-0.2, -0.15) is 0 Å². The Hall–Kier alpha value is -4.40. The summed E-state index contributed by atoms with van der Waals surface area (Å²) < 4.78 is 24.3. The predicted octanol–water partition coefficient (Wildman–Crippen LogP) is 5.48. The second kappa shape index (κ2) is 12.2. The van der Waals surface area contributed by atoms with Crippen molar-refractivity contribution in [1.29, 1.82) is 0 Å². The maximum Gasteiger partial charge on any atom is 0.342 e. The summed E-state index contributed by atoms with van der Waals surface area (Å²) in [6, 6.07) is 8.86. The quantitative estimate of drug-likeness (QED) is 0.299. The molecule has 2 aliphatic rings. The zero-order valence-electron chi connectivity index (χ0n) is 24.4. The van der Waals surface area contributed by atoms with E-state index in [0.29, 0.717) is 66.5 Å². The smallest absolute Gasteiger partial charge is 0.342 e. The number of hydrogen-bond acceptors (Lipinski definition) is 8. The molecule has 0 N–H and O–H groups in total. The number of benzene rings is 2. The van der Waals surface area contributed by atoms with Crippen molar-refractivity contribution in [3.63, 3.8) is 0 Å². The van der Waals surface area contributed by atoms with E-state index >= 15 is 0 Å². The van der Waals surface area contributed by atoms with Crippen LogP contribution < -0.4 is 19.8 Å². The van der Waals surface area contributed by atoms with Gasteiger partial charge in [-0.3, -0.25) is 14.4 Å². The summed E-state index contributed by atoms with van der Waals surface area (Å²) >= 11 is 0. The van der Waals surface area contributed by atoms with Crippen molar-refractivity contribution in [2.75, 3.05) is 14.2 Å². The van der Waals surface area contributed by atoms with Gasteiger partial charge in [0.25, 0.3) is 5.56 Å². The van der Waals surface area contributed by atoms with E-state index in [1.54, 1.807) is 45.4 Å². The predicted molar refractivity (Wildman–Crippen MR) is 157 cm³/mol. The molecule has 1 unspecified atom stereocenters. The number of aromatic nitrogens is 1. The minimum atomic E-state index is -0.722. The van der Waals surface area contributed by atoms with Crippen molar-refractivity contribution in [3.8, 4) is 17.2 Å². The van der Waals surface area contributed by atoms with Gasteiger partial charge in [-0.25, -0.2) is 4.79 Å². The molecule has 0 saturated heterocycles. The highest BCUT2D eigenvalue weighted by Crippen LogP contribution is 2.47. The van der Waals surface area contributed by atoms with Crippen LogP contribution in [-0.2, 0) is 21.4 Å². The topological polar surface area (TPSA) is 110 Å². The third-order valence-corrected chi connectivity index (χ3v) is 8.00. The van der Waals surface area contributed by atoms with Crippen molar-refractivity contribution >= 4 is 34.7 Å². The van der Waals surface area contributed by atoms with Crippen molar-refractivity contribution in [3.05, 3.63) is 69.0 Å². The third kappa shape index (κ3) is 5.68. The number of carbonyl (C=O) groups is 3. The molecule has 2 atom stereocenters. The minimum absolute atomic E-state index is 0.103. The summed E-state index contributed by atoms with van der Waals surface area (Å²) in [5.74, 6) is -0.544. The molecule has 3 heterocycles. The van der Waals surface area contributed by atoms with Gasteiger partial charge < -0.3 is 23.5 Å². The lowest BCUT2D eigenvalue weighted by Crippen LogP contribution is -2.29. The number of rotatable bonds is 3. The number of methoxy groups -OCH3 is 2. The second-order valence-electron chi connectivity index (χ2n) is 10.8. The molecule has 9 nitrogen and oxygen atoms in total. The molecule has 0 saturated carbocycles. The Kier molecular flexibility index (Phi) is 8.47. The highest BCUT2D eigenvalue weighted by molar-refractivity contribution is 5.99. The number of aryl methyl sites for hydroxylation is 1. The van der Waals surface area contributed by atoms with E-state index in [1.165, 1.54) is 11.7 Å². The summed E-state index contributed by atoms with van der Waals surface area (Å²) in [5, 5.41) is 0.792. The largest absolute Gasteiger partial charge is 0.497 e. The molecule has 42 heavy (non-hydrogen) atoms. The Balaban J connectivity index is 1.69. The Morgan fingerprint density at radius 1 is 0.976 bits per heavy atom. The van der Waals surface area contributed by atoms with Crippen molar-refractivity contribution in [2.24, 2.45) is 7.05 Å². The van der Waals surface area contributed by atoms with Crippen LogP contribution in [0.1, 0.15) is 84.8 Å². The molecular formula is C33H35NO8. The van der Waals surface area contributed by atoms with Crippen molar-refractivity contribution in [2.45, 2.75) is 63.9 Å². The number of Topliss-reactive ketones (excluding diaryl/α,β-unsaturated/α-hetero) is 1. The lowest BCUT2D eigenvalue weighted by Gasteiger charge is -2.29. The number of allylic oxidation sites excluding steroid dienone is 1. The molecule has 2 aromatic carbocycles. The fraction of sp³-hybridized carbons (Fsp3) is 0.394. The molecule has 3 aromatic rings. The van der Waals surface area contributed by atoms with E-state index in [2.05, 4.69) is 0 Å². The van der Waals surface area contributed by atoms with Crippen LogP contribution in [0.4, 0.5) is 0 Å². The van der Waals surface area contributed by atoms with E-state index in [9.17, 15) is 19.2 Å². The number of ketones is 1. The number of carbonyl (C=O) groups excluding carboxylic acids is 3. The Bertz CT molecular complexity index is 1650. The number of fused-ring (bicyclic) bond motifs is 3. The van der Waals surface area contributed by atoms with Crippen LogP contribution in [0.2, 0.25) is 0 Å². The SMILES string of the molecule is COc1ccc2cc(C3CC(=O)Oc4cc5c(c(OC)c43)C(=O)O[C@@H](C)CCCC(=O)CCC/C=C/5)c(=O)n(C)c2c1. The van der Waals surface area contributed by atoms with Gasteiger partial charge in [-0.05, 0) is 67.8 Å². The van der Waals surface area contributed by atoms with Crippen LogP contribution in [0, 0.1) is 0 Å². The van der Waals surface area contributed by atoms with Crippen LogP contribution in [-0.4, -0.2) is 42.6 Å². The van der Waals surface area contributed by atoms with Gasteiger partial charge in [0.15, 0.2) is 0 Å². The summed E-state index contributed by atoms with van der Waals surface area (Å²) in [6.45, 7) is 1.80. The van der Waals surface area contributed by atoms with Gasteiger partial charge in [0.1, 0.15) is 28.6 Å². The minimum Gasteiger partial charge on any atom is -0.497 e. The van der Waals surface area contributed by atoms with Crippen LogP contribution in [0.25, 0.3) is 17.0 Å². The fourth-order valence-electron chi connectivity index (χ4n) is 5.82. The van der Waals surface area contributed by atoms with Gasteiger partial charge in [0.05, 0.1) is 32.3 Å². The lowest BCUT2D eigenvalue weighted by atomic mass is 9.83. The molecule has 5 rings (SSSR count). The molecule has 0 amide bonds. The van der Waals surface area contributed by atoms with Gasteiger partial charge >= 0.3 is 11.9 Å². The average molecular weight is 574 g/mol. The van der Waals surface area contributed by atoms with E-state index < -0.39 is 24.0 Å². The Labute approximate surface area is 244 Å². The highest BCUT2D eigenvalue weighted by atomic mass is 16.5. The zero-order chi connectivity index (χ0) is 30.0. The Morgan fingerprint density at radius 3 is 2.52 bits per heavy atom. The summed E-state index contributed by atoms with van der Waals surface area (Å²) in [7, 11) is 4.69. The summed E-state index contributed by atoms with van der Waals surface area (Å²) in [5.41, 5.74) is 1.91. The maximum atomic E-state index is 13.7. The van der Waals surface area contributed by atoms with Crippen LogP contribution in [0.15, 0.2) is 41.2 Å². The Morgan fingerprint density at radius 2 is 1.76 bits per heavy atom. The third-order valence-electron chi connectivity index (χ3n) is 8.00. The first kappa shape index (κ1) is 29.1. The van der Waals surface area contributed by atoms with E-state index in [4.69, 9.17) is 18.9 Å². The standard InChI is InChI=1S/C33H35NO8/c1-19-9-8-12-22(35)11-7-5-6-10-21-16-27-30(31(40-4)29(21)33(38)41-19)24(18-28(36)42-27)25-15-20-13-14-23(39-3)17-26(20)34(2)32(25)37/h6,10,13-17,19,24H,5,7-9,11-12,18H2,1-4H3/b10-6+/t19-,24?/m0/s1. The molecular weight excluding hydrogens is 538 g/mol. The van der Waals surface area contributed by atoms with Crippen molar-refractivity contribution < 1.29 is 33.3 Å². The van der Waals surface area contributed by atoms with E-state index in [1.807, 2.05) is 18.2 Å². The molecule has 0 spiro atoms. The first-order valence-corrected chi connectivity index (χ1v) is 14.2. The number of pyridine rings is 1. The average Bonchev–Trinajstić information content (AvgIpc) is 2.96. The second-order valence-corrected chi connectivity index (χ2v) is 10.8. The molecule has 0 radical (unpaired) electrons. The molecule has 0 fully saturated rings. The van der Waals surface area contributed by atoms with Crippen molar-refractivity contribution in [1.82, 2.24) is 4.57 Å². The monoisotopic (exact) mass is 573 g/mol. The van der Waals surface area contributed by atoms with Crippen LogP contribution in [0.5, 0.6) is 17.2 Å². The maximum absolute atomic E-state index is 13.7. The lowest BCUT2D eigenvalue weighted by molar-refractivity contribution is -0.135. The summed E-state index contributed by atoms with van der Waals surface area (Å²) in [6.07, 6.45) is 6.58. The number of ether oxygens (including phenoxy) is 4. The van der Waals surface area contributed by atoms with Crippen LogP contribution >= 0.6 is 0 Å². The number of nitrogens with zero attached hydrogens (tertiary/aromatic N) is 1. The van der Waals surface area contributed by atoms with Gasteiger partial charge in [0.2, 0.25) is 0 Å². The number of hydrogen-bond donors (Lipinski definition) is 0.